The van der Waals surface area contributed by atoms with Crippen LogP contribution in [0.25, 0.3) is 0 Å². The van der Waals surface area contributed by atoms with Gasteiger partial charge >= 0.3 is 17.9 Å². The number of carbonyl (C=O) groups is 3. The third-order valence-corrected chi connectivity index (χ3v) is 21.3. The second-order valence-corrected chi connectivity index (χ2v) is 26.1. The molecule has 23 nitrogen and oxygen atoms in total. The van der Waals surface area contributed by atoms with E-state index in [1.165, 1.54) is 0 Å². The summed E-state index contributed by atoms with van der Waals surface area (Å²) in [5.74, 6) is -4.02. The average molecular weight is 1140 g/mol. The lowest BCUT2D eigenvalue weighted by Crippen LogP contribution is -2.76. The highest BCUT2D eigenvalue weighted by Crippen LogP contribution is 2.76. The Hall–Kier alpha value is -3.05. The molecule has 0 bridgehead atoms. The van der Waals surface area contributed by atoms with Crippen molar-refractivity contribution < 1.29 is 114 Å². The number of ether oxygens (including phenoxy) is 8. The number of carboxylic acids is 1. The van der Waals surface area contributed by atoms with Gasteiger partial charge in [0.2, 0.25) is 0 Å². The van der Waals surface area contributed by atoms with E-state index in [1.807, 2.05) is 34.6 Å². The summed E-state index contributed by atoms with van der Waals surface area (Å²) in [5, 5.41) is 134. The van der Waals surface area contributed by atoms with E-state index in [9.17, 15) is 75.7 Å². The first-order chi connectivity index (χ1) is 37.3. The molecule has 3 heterocycles. The van der Waals surface area contributed by atoms with Crippen molar-refractivity contribution in [2.45, 2.75) is 231 Å². The fraction of sp³-hybridized carbons (Fsp3) is 0.842. The number of carboxylic acid groups (broad SMARTS) is 1. The molecule has 12 N–H and O–H groups in total. The molecule has 0 aromatic rings. The van der Waals surface area contributed by atoms with Crippen molar-refractivity contribution in [3.63, 3.8) is 0 Å². The molecule has 0 amide bonds. The van der Waals surface area contributed by atoms with Crippen LogP contribution in [0.1, 0.15) is 115 Å². The number of carbonyl (C=O) groups excluding carboxylic acids is 2. The molecule has 26 atom stereocenters. The van der Waals surface area contributed by atoms with Crippen LogP contribution in [-0.4, -0.2) is 216 Å². The van der Waals surface area contributed by atoms with Gasteiger partial charge < -0.3 is 99.2 Å². The summed E-state index contributed by atoms with van der Waals surface area (Å²) in [6.07, 6.45) is -24.4. The minimum Gasteiger partial charge on any atom is -0.479 e. The van der Waals surface area contributed by atoms with E-state index in [1.54, 1.807) is 39.8 Å². The Morgan fingerprint density at radius 2 is 1.27 bits per heavy atom. The summed E-state index contributed by atoms with van der Waals surface area (Å²) in [5.41, 5.74) is -4.41. The van der Waals surface area contributed by atoms with Crippen LogP contribution < -0.4 is 0 Å². The van der Waals surface area contributed by atoms with Gasteiger partial charge in [-0.3, -0.25) is 0 Å². The Kier molecular flexibility index (Phi) is 17.9. The van der Waals surface area contributed by atoms with E-state index in [2.05, 4.69) is 19.9 Å². The molecule has 0 spiro atoms. The summed E-state index contributed by atoms with van der Waals surface area (Å²) >= 11 is 0. The van der Waals surface area contributed by atoms with E-state index in [-0.39, 0.29) is 23.8 Å². The predicted octanol–water partition coefficient (Wildman–Crippen LogP) is 0.263. The van der Waals surface area contributed by atoms with Crippen LogP contribution in [0.2, 0.25) is 0 Å². The van der Waals surface area contributed by atoms with Crippen molar-refractivity contribution in [2.75, 3.05) is 19.8 Å². The lowest BCUT2D eigenvalue weighted by Gasteiger charge is -2.73. The van der Waals surface area contributed by atoms with E-state index in [0.29, 0.717) is 37.7 Å². The fourth-order valence-corrected chi connectivity index (χ4v) is 16.2. The second kappa shape index (κ2) is 22.7. The molecule has 23 heteroatoms. The van der Waals surface area contributed by atoms with E-state index in [4.69, 9.17) is 37.9 Å². The maximum absolute atomic E-state index is 13.9. The number of esters is 2. The van der Waals surface area contributed by atoms with Crippen molar-refractivity contribution >= 4 is 17.9 Å². The summed E-state index contributed by atoms with van der Waals surface area (Å²) in [6.45, 7) is 18.6. The second-order valence-electron chi connectivity index (χ2n) is 26.1. The Labute approximate surface area is 466 Å². The Balaban J connectivity index is 1.14. The monoisotopic (exact) mass is 1140 g/mol. The number of aliphatic carboxylic acids is 1. The van der Waals surface area contributed by atoms with Crippen LogP contribution >= 0.6 is 0 Å². The molecule has 0 aromatic heterocycles. The zero-order valence-corrected chi connectivity index (χ0v) is 47.7. The van der Waals surface area contributed by atoms with Gasteiger partial charge in [-0.05, 0) is 100 Å². The van der Waals surface area contributed by atoms with Crippen LogP contribution in [0, 0.1) is 50.2 Å². The summed E-state index contributed by atoms with van der Waals surface area (Å²) in [6, 6.07) is 0. The number of hydrogen-bond acceptors (Lipinski definition) is 22. The maximum atomic E-state index is 13.9. The SMILES string of the molecule is C/C=C(/C)C(=O)O[C@H]1[C@H](OC(=O)/C(C)=C\C)[C@@]2(CO)C(CC1(C)C)C1=CCC3[C@@]4(C)CC[C@H](O[C@@H]5OC(C(=O)O)[C@@H](O)[C@@H](O[C@@H]6OC[C@@H](O)[C@@H](O)C6O)C5O[C@@H]5OC(CO)[C@H](O)[C@@H](O)C5O)C(C)(C)C4CC[C@@]3(C)[C@]1(C)[C@@H](O)[C@H]2O. The van der Waals surface area contributed by atoms with Gasteiger partial charge in [-0.25, -0.2) is 14.4 Å². The normalized spacial score (nSPS) is 49.2. The molecule has 7 fully saturated rings. The van der Waals surface area contributed by atoms with Crippen LogP contribution in [0.5, 0.6) is 0 Å². The maximum Gasteiger partial charge on any atom is 0.335 e. The Morgan fingerprint density at radius 3 is 1.86 bits per heavy atom. The van der Waals surface area contributed by atoms with Crippen LogP contribution in [0.4, 0.5) is 0 Å². The quantitative estimate of drug-likeness (QED) is 0.0509. The first-order valence-electron chi connectivity index (χ1n) is 28.1. The number of allylic oxidation sites excluding steroid dienone is 3. The highest BCUT2D eigenvalue weighted by molar-refractivity contribution is 5.89. The Bertz CT molecular complexity index is 2390. The van der Waals surface area contributed by atoms with Crippen molar-refractivity contribution in [3.05, 3.63) is 34.9 Å². The highest BCUT2D eigenvalue weighted by atomic mass is 16.8. The molecule has 3 saturated heterocycles. The van der Waals surface area contributed by atoms with Crippen LogP contribution in [0.15, 0.2) is 34.9 Å². The summed E-state index contributed by atoms with van der Waals surface area (Å²) in [4.78, 5) is 40.3. The molecule has 8 unspecified atom stereocenters. The summed E-state index contributed by atoms with van der Waals surface area (Å²) in [7, 11) is 0. The fourth-order valence-electron chi connectivity index (χ4n) is 16.2. The van der Waals surface area contributed by atoms with Gasteiger partial charge in [-0.2, -0.15) is 0 Å². The largest absolute Gasteiger partial charge is 0.479 e. The van der Waals surface area contributed by atoms with Gasteiger partial charge in [0.15, 0.2) is 31.1 Å². The molecule has 80 heavy (non-hydrogen) atoms. The van der Waals surface area contributed by atoms with Crippen molar-refractivity contribution in [1.29, 1.82) is 0 Å². The minimum absolute atomic E-state index is 0.153. The van der Waals surface area contributed by atoms with E-state index in [0.717, 1.165) is 5.57 Å². The number of rotatable bonds is 13. The van der Waals surface area contributed by atoms with Crippen molar-refractivity contribution in [2.24, 2.45) is 50.2 Å². The smallest absolute Gasteiger partial charge is 0.335 e. The zero-order chi connectivity index (χ0) is 59.3. The standard InChI is InChI=1S/C57H88O23/c1-12-24(3)47(71)79-44-45(80-48(72)25(4)13-2)57(23-59)27(20-52(44,5)6)26-14-15-31-54(9)18-17-32(53(7,8)30(54)16-19-55(31,10)56(26,11)42(67)43(57)68)75-51-41(78-50-37(65)35(63)34(62)29(21-58)74-50)39(38(66)40(77-51)46(69)70)76-49-36(64)33(61)28(60)22-73-49/h12-14,27-45,49-51,58-68H,15-23H2,1-11H3,(H,69,70)/b24-12-,25-13-/t27?,28-,29?,30?,31?,32+,33-,34+,35-,36?,37?,38+,39-,40?,41?,42+,43-,44+,45+,49+,50+,51-,54+,55-,56+,57+/m1/s1. The predicted molar refractivity (Wildman–Crippen MR) is 277 cm³/mol. The van der Waals surface area contributed by atoms with Crippen LogP contribution in [0.3, 0.4) is 0 Å². The average Bonchev–Trinajstić information content (AvgIpc) is 1.80. The topological polar surface area (TPSA) is 368 Å². The highest BCUT2D eigenvalue weighted by Gasteiger charge is 2.76. The van der Waals surface area contributed by atoms with Gasteiger partial charge in [0.1, 0.15) is 67.1 Å². The third kappa shape index (κ3) is 9.85. The number of aliphatic hydroxyl groups is 11. The van der Waals surface area contributed by atoms with Gasteiger partial charge in [-0.1, -0.05) is 72.3 Å². The molecule has 4 saturated carbocycles. The molecule has 8 rings (SSSR count). The van der Waals surface area contributed by atoms with Gasteiger partial charge in [0.05, 0.1) is 43.5 Å². The van der Waals surface area contributed by atoms with Crippen molar-refractivity contribution in [3.8, 4) is 0 Å². The molecular formula is C57H88O23. The zero-order valence-electron chi connectivity index (χ0n) is 47.7. The molecule has 454 valence electrons. The number of hydrogen-bond donors (Lipinski definition) is 12. The first-order valence-corrected chi connectivity index (χ1v) is 28.1. The minimum atomic E-state index is -2.13. The Morgan fingerprint density at radius 1 is 0.675 bits per heavy atom. The molecule has 3 aliphatic heterocycles. The van der Waals surface area contributed by atoms with E-state index < -0.39 is 193 Å². The van der Waals surface area contributed by atoms with Gasteiger partial charge in [0, 0.05) is 22.0 Å². The molecule has 5 aliphatic carbocycles. The summed E-state index contributed by atoms with van der Waals surface area (Å²) < 4.78 is 48.9. The van der Waals surface area contributed by atoms with E-state index >= 15 is 0 Å². The molecule has 0 aromatic carbocycles. The molecule has 0 radical (unpaired) electrons. The van der Waals surface area contributed by atoms with Gasteiger partial charge in [-0.15, -0.1) is 0 Å². The van der Waals surface area contributed by atoms with Crippen molar-refractivity contribution in [1.82, 2.24) is 0 Å². The number of aliphatic hydroxyl groups excluding tert-OH is 11. The van der Waals surface area contributed by atoms with Gasteiger partial charge in [0.25, 0.3) is 0 Å². The lowest BCUT2D eigenvalue weighted by molar-refractivity contribution is -0.392. The van der Waals surface area contributed by atoms with Crippen LogP contribution in [-0.2, 0) is 52.3 Å². The first kappa shape index (κ1) is 63.0. The number of fused-ring (bicyclic) bond motifs is 7. The lowest BCUT2D eigenvalue weighted by atomic mass is 9.32. The third-order valence-electron chi connectivity index (χ3n) is 21.3. The molecule has 8 aliphatic rings. The molecular weight excluding hydrogens is 1050 g/mol.